The molecule has 2 atom stereocenters. The Morgan fingerprint density at radius 3 is 2.22 bits per heavy atom. The van der Waals surface area contributed by atoms with Crippen LogP contribution in [0, 0.1) is 13.8 Å². The van der Waals surface area contributed by atoms with Gasteiger partial charge in [0.05, 0.1) is 6.04 Å². The number of nitrogens with one attached hydrogen (secondary N) is 2. The highest BCUT2D eigenvalue weighted by atomic mass is 79.9. The van der Waals surface area contributed by atoms with Gasteiger partial charge in [-0.2, -0.15) is 0 Å². The summed E-state index contributed by atoms with van der Waals surface area (Å²) in [6, 6.07) is 20.4. The van der Waals surface area contributed by atoms with Gasteiger partial charge in [0.15, 0.2) is 6.10 Å². The van der Waals surface area contributed by atoms with E-state index in [0.29, 0.717) is 17.0 Å². The van der Waals surface area contributed by atoms with Gasteiger partial charge < -0.3 is 15.4 Å². The number of benzene rings is 3. The van der Waals surface area contributed by atoms with E-state index < -0.39 is 6.10 Å². The highest BCUT2D eigenvalue weighted by Gasteiger charge is 2.18. The molecule has 32 heavy (non-hydrogen) atoms. The number of hydrogen-bond acceptors (Lipinski definition) is 3. The summed E-state index contributed by atoms with van der Waals surface area (Å²) in [5, 5.41) is 5.82. The quantitative estimate of drug-likeness (QED) is 0.425. The van der Waals surface area contributed by atoms with Crippen molar-refractivity contribution < 1.29 is 14.3 Å². The minimum Gasteiger partial charge on any atom is -0.480 e. The Hall–Kier alpha value is -3.12. The van der Waals surface area contributed by atoms with Crippen LogP contribution in [0.1, 0.15) is 46.9 Å². The summed E-state index contributed by atoms with van der Waals surface area (Å²) in [4.78, 5) is 25.4. The average Bonchev–Trinajstić information content (AvgIpc) is 2.76. The molecule has 3 aromatic carbocycles. The molecule has 2 N–H and O–H groups in total. The Kier molecular flexibility index (Phi) is 7.70. The SMILES string of the molecule is Cc1cc(Br)cc(C)c1OC(C)C(=O)Nc1cccc(C(=O)NC(C)c2ccccc2)c1. The molecule has 2 unspecified atom stereocenters. The third-order valence-corrected chi connectivity index (χ3v) is 5.59. The lowest BCUT2D eigenvalue weighted by molar-refractivity contribution is -0.122. The van der Waals surface area contributed by atoms with Crippen LogP contribution in [0.5, 0.6) is 5.75 Å². The van der Waals surface area contributed by atoms with Gasteiger partial charge >= 0.3 is 0 Å². The molecule has 5 nitrogen and oxygen atoms in total. The van der Waals surface area contributed by atoms with Gasteiger partial charge in [-0.25, -0.2) is 0 Å². The standard InChI is InChI=1S/C26H27BrN2O3/c1-16-13-22(27)14-17(2)24(16)32-19(4)25(30)29-23-12-8-11-21(15-23)26(31)28-18(3)20-9-6-5-7-10-20/h5-15,18-19H,1-4H3,(H,28,31)(H,29,30). The first kappa shape index (κ1) is 23.5. The average molecular weight is 495 g/mol. The molecular formula is C26H27BrN2O3. The number of amides is 2. The molecular weight excluding hydrogens is 468 g/mol. The van der Waals surface area contributed by atoms with Gasteiger partial charge in [-0.3, -0.25) is 9.59 Å². The van der Waals surface area contributed by atoms with Gasteiger partial charge in [0.1, 0.15) is 5.75 Å². The van der Waals surface area contributed by atoms with Crippen LogP contribution in [-0.4, -0.2) is 17.9 Å². The van der Waals surface area contributed by atoms with Gasteiger partial charge in [0, 0.05) is 15.7 Å². The number of hydrogen-bond donors (Lipinski definition) is 2. The van der Waals surface area contributed by atoms with Gasteiger partial charge in [-0.05, 0) is 74.7 Å². The van der Waals surface area contributed by atoms with Crippen molar-refractivity contribution in [3.63, 3.8) is 0 Å². The van der Waals surface area contributed by atoms with Gasteiger partial charge in [-0.1, -0.05) is 52.3 Å². The summed E-state index contributed by atoms with van der Waals surface area (Å²) in [5.41, 5.74) is 3.92. The van der Waals surface area contributed by atoms with Crippen LogP contribution in [-0.2, 0) is 4.79 Å². The van der Waals surface area contributed by atoms with E-state index in [-0.39, 0.29) is 17.9 Å². The molecule has 2 amide bonds. The van der Waals surface area contributed by atoms with Gasteiger partial charge in [0.2, 0.25) is 0 Å². The first-order valence-electron chi connectivity index (χ1n) is 10.4. The van der Waals surface area contributed by atoms with Crippen LogP contribution >= 0.6 is 15.9 Å². The second-order valence-corrected chi connectivity index (χ2v) is 8.72. The third-order valence-electron chi connectivity index (χ3n) is 5.13. The van der Waals surface area contributed by atoms with E-state index in [1.54, 1.807) is 31.2 Å². The fourth-order valence-electron chi connectivity index (χ4n) is 3.40. The molecule has 6 heteroatoms. The maximum absolute atomic E-state index is 12.7. The maximum atomic E-state index is 12.7. The summed E-state index contributed by atoms with van der Waals surface area (Å²) in [6.45, 7) is 7.52. The van der Waals surface area contributed by atoms with E-state index in [2.05, 4.69) is 26.6 Å². The second kappa shape index (κ2) is 10.5. The zero-order chi connectivity index (χ0) is 23.3. The van der Waals surface area contributed by atoms with Crippen molar-refractivity contribution in [2.75, 3.05) is 5.32 Å². The fourth-order valence-corrected chi connectivity index (χ4v) is 4.09. The zero-order valence-corrected chi connectivity index (χ0v) is 20.2. The van der Waals surface area contributed by atoms with E-state index in [1.807, 2.05) is 63.2 Å². The number of anilines is 1. The van der Waals surface area contributed by atoms with Crippen LogP contribution in [0.15, 0.2) is 71.2 Å². The van der Waals surface area contributed by atoms with Crippen molar-refractivity contribution in [1.29, 1.82) is 0 Å². The molecule has 166 valence electrons. The molecule has 0 aromatic heterocycles. The first-order valence-corrected chi connectivity index (χ1v) is 11.2. The van der Waals surface area contributed by atoms with Crippen LogP contribution in [0.3, 0.4) is 0 Å². The summed E-state index contributed by atoms with van der Waals surface area (Å²) in [7, 11) is 0. The molecule has 0 saturated heterocycles. The van der Waals surface area contributed by atoms with Gasteiger partial charge in [0.25, 0.3) is 11.8 Å². The normalized spacial score (nSPS) is 12.5. The number of carbonyl (C=O) groups excluding carboxylic acids is 2. The molecule has 0 radical (unpaired) electrons. The number of ether oxygens (including phenoxy) is 1. The van der Waals surface area contributed by atoms with E-state index in [0.717, 1.165) is 21.2 Å². The maximum Gasteiger partial charge on any atom is 0.265 e. The lowest BCUT2D eigenvalue weighted by atomic mass is 10.1. The molecule has 3 rings (SSSR count). The van der Waals surface area contributed by atoms with Crippen molar-refractivity contribution in [3.05, 3.63) is 93.5 Å². The van der Waals surface area contributed by atoms with Crippen LogP contribution < -0.4 is 15.4 Å². The molecule has 0 saturated carbocycles. The molecule has 0 heterocycles. The summed E-state index contributed by atoms with van der Waals surface area (Å²) >= 11 is 3.47. The summed E-state index contributed by atoms with van der Waals surface area (Å²) in [6.07, 6.45) is -0.704. The van der Waals surface area contributed by atoms with Gasteiger partial charge in [-0.15, -0.1) is 0 Å². The van der Waals surface area contributed by atoms with E-state index in [9.17, 15) is 9.59 Å². The van der Waals surface area contributed by atoms with Crippen LogP contribution in [0.2, 0.25) is 0 Å². The Morgan fingerprint density at radius 2 is 1.56 bits per heavy atom. The Morgan fingerprint density at radius 1 is 0.906 bits per heavy atom. The van der Waals surface area contributed by atoms with Crippen molar-refractivity contribution in [2.24, 2.45) is 0 Å². The smallest absolute Gasteiger partial charge is 0.265 e. The van der Waals surface area contributed by atoms with E-state index in [1.165, 1.54) is 0 Å². The number of carbonyl (C=O) groups is 2. The molecule has 0 aliphatic rings. The topological polar surface area (TPSA) is 67.4 Å². The minimum atomic E-state index is -0.704. The molecule has 0 fully saturated rings. The summed E-state index contributed by atoms with van der Waals surface area (Å²) in [5.74, 6) is 0.198. The van der Waals surface area contributed by atoms with E-state index >= 15 is 0 Å². The Labute approximate surface area is 197 Å². The van der Waals surface area contributed by atoms with Crippen LogP contribution in [0.4, 0.5) is 5.69 Å². The van der Waals surface area contributed by atoms with Crippen molar-refractivity contribution >= 4 is 33.4 Å². The monoisotopic (exact) mass is 494 g/mol. The number of rotatable bonds is 7. The van der Waals surface area contributed by atoms with Crippen molar-refractivity contribution in [3.8, 4) is 5.75 Å². The molecule has 3 aromatic rings. The lowest BCUT2D eigenvalue weighted by Crippen LogP contribution is -2.31. The Bertz CT molecular complexity index is 1090. The molecule has 0 aliphatic heterocycles. The number of aryl methyl sites for hydroxylation is 2. The molecule has 0 spiro atoms. The first-order chi connectivity index (χ1) is 15.2. The highest BCUT2D eigenvalue weighted by molar-refractivity contribution is 9.10. The molecule has 0 bridgehead atoms. The predicted octanol–water partition coefficient (Wildman–Crippen LogP) is 5.96. The Balaban J connectivity index is 1.65. The molecule has 0 aliphatic carbocycles. The van der Waals surface area contributed by atoms with Crippen molar-refractivity contribution in [2.45, 2.75) is 39.8 Å². The summed E-state index contributed by atoms with van der Waals surface area (Å²) < 4.78 is 6.90. The second-order valence-electron chi connectivity index (χ2n) is 7.80. The third kappa shape index (κ3) is 5.98. The zero-order valence-electron chi connectivity index (χ0n) is 18.6. The lowest BCUT2D eigenvalue weighted by Gasteiger charge is -2.19. The minimum absolute atomic E-state index is 0.132. The predicted molar refractivity (Wildman–Crippen MR) is 131 cm³/mol. The highest BCUT2D eigenvalue weighted by Crippen LogP contribution is 2.28. The fraction of sp³-hybridized carbons (Fsp3) is 0.231. The van der Waals surface area contributed by atoms with Crippen molar-refractivity contribution in [1.82, 2.24) is 5.32 Å². The largest absolute Gasteiger partial charge is 0.480 e. The number of halogens is 1. The van der Waals surface area contributed by atoms with Crippen LogP contribution in [0.25, 0.3) is 0 Å². The van der Waals surface area contributed by atoms with E-state index in [4.69, 9.17) is 4.74 Å².